The lowest BCUT2D eigenvalue weighted by Crippen LogP contribution is -2.49. The van der Waals surface area contributed by atoms with E-state index in [1.54, 1.807) is 0 Å². The van der Waals surface area contributed by atoms with Crippen LogP contribution in [0.3, 0.4) is 0 Å². The van der Waals surface area contributed by atoms with Crippen LogP contribution in [-0.2, 0) is 15.5 Å². The highest BCUT2D eigenvalue weighted by atomic mass is 32.2. The van der Waals surface area contributed by atoms with Crippen LogP contribution in [0.4, 0.5) is 0 Å². The van der Waals surface area contributed by atoms with Crippen molar-refractivity contribution in [2.45, 2.75) is 12.5 Å². The number of nitrogens with one attached hydrogen (secondary N) is 1. The average Bonchev–Trinajstić information content (AvgIpc) is 2.33. The SMILES string of the molecule is CNC1CCOCC1CN1CCS(=O)CC1. The van der Waals surface area contributed by atoms with Crippen molar-refractivity contribution in [2.24, 2.45) is 5.92 Å². The molecule has 2 saturated heterocycles. The van der Waals surface area contributed by atoms with Crippen molar-refractivity contribution < 1.29 is 8.95 Å². The summed E-state index contributed by atoms with van der Waals surface area (Å²) in [7, 11) is 1.47. The molecular formula is C11H22N2O2S. The van der Waals surface area contributed by atoms with Gasteiger partial charge >= 0.3 is 0 Å². The van der Waals surface area contributed by atoms with Gasteiger partial charge in [0.05, 0.1) is 6.61 Å². The standard InChI is InChI=1S/C11H22N2O2S/c1-12-11-2-5-15-9-10(11)8-13-3-6-16(14)7-4-13/h10-12H,2-9H2,1H3. The first-order valence-corrected chi connectivity index (χ1v) is 7.60. The molecule has 16 heavy (non-hydrogen) atoms. The van der Waals surface area contributed by atoms with Crippen LogP contribution in [0.5, 0.6) is 0 Å². The minimum absolute atomic E-state index is 0.567. The molecule has 94 valence electrons. The van der Waals surface area contributed by atoms with Crippen LogP contribution < -0.4 is 5.32 Å². The molecule has 0 spiro atoms. The van der Waals surface area contributed by atoms with Gasteiger partial charge in [-0.15, -0.1) is 0 Å². The third-order valence-corrected chi connectivity index (χ3v) is 4.88. The van der Waals surface area contributed by atoms with Crippen molar-refractivity contribution in [2.75, 3.05) is 51.4 Å². The fourth-order valence-electron chi connectivity index (χ4n) is 2.55. The molecule has 2 heterocycles. The minimum Gasteiger partial charge on any atom is -0.381 e. The maximum atomic E-state index is 11.3. The van der Waals surface area contributed by atoms with E-state index in [1.807, 2.05) is 7.05 Å². The topological polar surface area (TPSA) is 41.6 Å². The van der Waals surface area contributed by atoms with Gasteiger partial charge in [-0.2, -0.15) is 0 Å². The number of ether oxygens (including phenoxy) is 1. The van der Waals surface area contributed by atoms with Crippen molar-refractivity contribution >= 4 is 10.8 Å². The van der Waals surface area contributed by atoms with Crippen LogP contribution in [0.2, 0.25) is 0 Å². The molecule has 2 atom stereocenters. The maximum Gasteiger partial charge on any atom is 0.0521 e. The van der Waals surface area contributed by atoms with E-state index in [1.165, 1.54) is 0 Å². The van der Waals surface area contributed by atoms with Gasteiger partial charge < -0.3 is 15.0 Å². The quantitative estimate of drug-likeness (QED) is 0.741. The molecule has 0 saturated carbocycles. The molecule has 4 nitrogen and oxygen atoms in total. The lowest BCUT2D eigenvalue weighted by molar-refractivity contribution is 0.0196. The van der Waals surface area contributed by atoms with Crippen molar-refractivity contribution in [1.29, 1.82) is 0 Å². The summed E-state index contributed by atoms with van der Waals surface area (Å²) in [5, 5.41) is 3.39. The second kappa shape index (κ2) is 6.10. The highest BCUT2D eigenvalue weighted by molar-refractivity contribution is 7.85. The van der Waals surface area contributed by atoms with E-state index in [0.29, 0.717) is 12.0 Å². The minimum atomic E-state index is -0.567. The molecule has 0 aromatic carbocycles. The first-order valence-electron chi connectivity index (χ1n) is 6.12. The lowest BCUT2D eigenvalue weighted by atomic mass is 9.95. The second-order valence-corrected chi connectivity index (χ2v) is 6.36. The molecule has 0 aromatic heterocycles. The average molecular weight is 246 g/mol. The predicted molar refractivity (Wildman–Crippen MR) is 66.1 cm³/mol. The Bertz CT molecular complexity index is 240. The Morgan fingerprint density at radius 3 is 2.88 bits per heavy atom. The van der Waals surface area contributed by atoms with Gasteiger partial charge in [0.15, 0.2) is 0 Å². The van der Waals surface area contributed by atoms with Crippen LogP contribution in [-0.4, -0.2) is 66.6 Å². The highest BCUT2D eigenvalue weighted by Crippen LogP contribution is 2.16. The molecule has 2 aliphatic rings. The summed E-state index contributed by atoms with van der Waals surface area (Å²) in [6, 6.07) is 0.584. The van der Waals surface area contributed by atoms with Gasteiger partial charge in [-0.1, -0.05) is 0 Å². The molecule has 0 amide bonds. The molecule has 5 heteroatoms. The Morgan fingerprint density at radius 1 is 1.44 bits per heavy atom. The smallest absolute Gasteiger partial charge is 0.0521 e. The Kier molecular flexibility index (Phi) is 4.76. The normalized spacial score (nSPS) is 34.1. The third kappa shape index (κ3) is 3.26. The van der Waals surface area contributed by atoms with E-state index in [2.05, 4.69) is 10.2 Å². The Balaban J connectivity index is 1.80. The first-order chi connectivity index (χ1) is 7.79. The first kappa shape index (κ1) is 12.5. The summed E-state index contributed by atoms with van der Waals surface area (Å²) in [5.74, 6) is 2.28. The zero-order valence-electron chi connectivity index (χ0n) is 9.98. The molecule has 0 radical (unpaired) electrons. The predicted octanol–water partition coefficient (Wildman–Crippen LogP) is -0.325. The third-order valence-electron chi connectivity index (χ3n) is 3.61. The molecular weight excluding hydrogens is 224 g/mol. The van der Waals surface area contributed by atoms with Crippen LogP contribution in [0.25, 0.3) is 0 Å². The van der Waals surface area contributed by atoms with Gasteiger partial charge in [0.1, 0.15) is 0 Å². The summed E-state index contributed by atoms with van der Waals surface area (Å²) in [6.45, 7) is 4.80. The fourth-order valence-corrected chi connectivity index (χ4v) is 3.67. The van der Waals surface area contributed by atoms with Crippen LogP contribution in [0.15, 0.2) is 0 Å². The number of nitrogens with zero attached hydrogens (tertiary/aromatic N) is 1. The van der Waals surface area contributed by atoms with Crippen LogP contribution in [0.1, 0.15) is 6.42 Å². The molecule has 2 fully saturated rings. The lowest BCUT2D eigenvalue weighted by Gasteiger charge is -2.36. The van der Waals surface area contributed by atoms with Gasteiger partial charge in [0.25, 0.3) is 0 Å². The van der Waals surface area contributed by atoms with E-state index in [9.17, 15) is 4.21 Å². The molecule has 2 rings (SSSR count). The van der Waals surface area contributed by atoms with Crippen LogP contribution in [0, 0.1) is 5.92 Å². The highest BCUT2D eigenvalue weighted by Gasteiger charge is 2.27. The molecule has 2 unspecified atom stereocenters. The zero-order chi connectivity index (χ0) is 11.4. The van der Waals surface area contributed by atoms with Crippen LogP contribution >= 0.6 is 0 Å². The summed E-state index contributed by atoms with van der Waals surface area (Å²) >= 11 is 0. The summed E-state index contributed by atoms with van der Waals surface area (Å²) in [4.78, 5) is 2.44. The molecule has 0 aromatic rings. The monoisotopic (exact) mass is 246 g/mol. The summed E-state index contributed by atoms with van der Waals surface area (Å²) < 4.78 is 16.8. The van der Waals surface area contributed by atoms with Crippen molar-refractivity contribution in [1.82, 2.24) is 10.2 Å². The zero-order valence-corrected chi connectivity index (χ0v) is 10.8. The van der Waals surface area contributed by atoms with E-state index in [-0.39, 0.29) is 0 Å². The van der Waals surface area contributed by atoms with Crippen molar-refractivity contribution in [3.63, 3.8) is 0 Å². The van der Waals surface area contributed by atoms with Gasteiger partial charge in [-0.05, 0) is 13.5 Å². The Morgan fingerprint density at radius 2 is 2.19 bits per heavy atom. The van der Waals surface area contributed by atoms with E-state index in [0.717, 1.165) is 50.8 Å². The molecule has 2 aliphatic heterocycles. The number of hydrogen-bond donors (Lipinski definition) is 1. The van der Waals surface area contributed by atoms with E-state index in [4.69, 9.17) is 4.74 Å². The van der Waals surface area contributed by atoms with Gasteiger partial charge in [0.2, 0.25) is 0 Å². The molecule has 1 N–H and O–H groups in total. The fraction of sp³-hybridized carbons (Fsp3) is 1.00. The molecule has 0 aliphatic carbocycles. The van der Waals surface area contributed by atoms with E-state index < -0.39 is 10.8 Å². The van der Waals surface area contributed by atoms with E-state index >= 15 is 0 Å². The largest absolute Gasteiger partial charge is 0.381 e. The summed E-state index contributed by atoms with van der Waals surface area (Å²) in [5.41, 5.74) is 0. The number of hydrogen-bond acceptors (Lipinski definition) is 4. The van der Waals surface area contributed by atoms with Gasteiger partial charge in [0, 0.05) is 60.5 Å². The van der Waals surface area contributed by atoms with Crippen molar-refractivity contribution in [3.05, 3.63) is 0 Å². The Labute approximate surface area is 100 Å². The van der Waals surface area contributed by atoms with Crippen molar-refractivity contribution in [3.8, 4) is 0 Å². The molecule has 0 bridgehead atoms. The second-order valence-electron chi connectivity index (χ2n) is 4.67. The maximum absolute atomic E-state index is 11.3. The number of rotatable bonds is 3. The van der Waals surface area contributed by atoms with Gasteiger partial charge in [-0.3, -0.25) is 4.21 Å². The summed E-state index contributed by atoms with van der Waals surface area (Å²) in [6.07, 6.45) is 1.11. The Hall–Kier alpha value is 0.0300. The van der Waals surface area contributed by atoms with Gasteiger partial charge in [-0.25, -0.2) is 0 Å².